The maximum absolute atomic E-state index is 12.0. The van der Waals surface area contributed by atoms with E-state index in [2.05, 4.69) is 33.0 Å². The Hall–Kier alpha value is -1.36. The van der Waals surface area contributed by atoms with Gasteiger partial charge in [-0.05, 0) is 10.8 Å². The Morgan fingerprint density at radius 3 is 2.16 bits per heavy atom. The third-order valence-electron chi connectivity index (χ3n) is 5.03. The molecule has 0 amide bonds. The molecule has 1 aliphatic rings. The van der Waals surface area contributed by atoms with Gasteiger partial charge in [0.1, 0.15) is 0 Å². The largest absolute Gasteiger partial charge is 0.330 e. The molecule has 1 heterocycles. The molecule has 1 aromatic rings. The van der Waals surface area contributed by atoms with Crippen LogP contribution in [-0.4, -0.2) is 15.2 Å². The van der Waals surface area contributed by atoms with Gasteiger partial charge in [-0.2, -0.15) is 0 Å². The lowest BCUT2D eigenvalue weighted by Crippen LogP contribution is -2.40. The number of aryl methyl sites for hydroxylation is 1. The summed E-state index contributed by atoms with van der Waals surface area (Å²) >= 11 is 0. The number of hydrogen-bond donors (Lipinski definition) is 1. The molecular formula is C14H23N3O2. The van der Waals surface area contributed by atoms with Gasteiger partial charge in [-0.25, -0.2) is 4.79 Å². The van der Waals surface area contributed by atoms with Crippen LogP contribution in [0.15, 0.2) is 15.8 Å². The van der Waals surface area contributed by atoms with Crippen molar-refractivity contribution in [2.75, 3.05) is 0 Å². The first-order valence-corrected chi connectivity index (χ1v) is 6.59. The van der Waals surface area contributed by atoms with Crippen LogP contribution in [0, 0.1) is 10.8 Å². The summed E-state index contributed by atoms with van der Waals surface area (Å²) in [5.74, 6) is 0. The van der Waals surface area contributed by atoms with Gasteiger partial charge in [-0.1, -0.05) is 27.7 Å². The summed E-state index contributed by atoms with van der Waals surface area (Å²) in [5, 5.41) is 3.44. The SMILES string of the molecule is Cn1cc(CNC2C(C)(C)C2(C)C)c(=O)n(C)c1=O. The lowest BCUT2D eigenvalue weighted by Gasteiger charge is -2.09. The standard InChI is InChI=1S/C14H23N3O2/c1-13(2)11(14(13,3)4)15-7-9-8-16(5)12(19)17(6)10(9)18/h8,11,15H,7H2,1-6H3. The fraction of sp³-hybridized carbons (Fsp3) is 0.714. The van der Waals surface area contributed by atoms with E-state index in [0.717, 1.165) is 4.57 Å². The number of nitrogens with zero attached hydrogens (tertiary/aromatic N) is 2. The van der Waals surface area contributed by atoms with Crippen LogP contribution in [0.25, 0.3) is 0 Å². The highest BCUT2D eigenvalue weighted by Crippen LogP contribution is 2.62. The highest BCUT2D eigenvalue weighted by Gasteiger charge is 2.64. The lowest BCUT2D eigenvalue weighted by atomic mass is 10.0. The summed E-state index contributed by atoms with van der Waals surface area (Å²) in [6.07, 6.45) is 1.63. The van der Waals surface area contributed by atoms with E-state index in [1.807, 2.05) is 0 Å². The third-order valence-corrected chi connectivity index (χ3v) is 5.03. The van der Waals surface area contributed by atoms with E-state index in [1.165, 1.54) is 11.6 Å². The molecule has 0 radical (unpaired) electrons. The molecule has 19 heavy (non-hydrogen) atoms. The van der Waals surface area contributed by atoms with Crippen LogP contribution < -0.4 is 16.6 Å². The van der Waals surface area contributed by atoms with Crippen molar-refractivity contribution in [3.63, 3.8) is 0 Å². The number of hydrogen-bond acceptors (Lipinski definition) is 3. The molecule has 106 valence electrons. The molecular weight excluding hydrogens is 242 g/mol. The second kappa shape index (κ2) is 4.07. The van der Waals surface area contributed by atoms with Crippen molar-refractivity contribution in [1.82, 2.24) is 14.5 Å². The van der Waals surface area contributed by atoms with E-state index in [1.54, 1.807) is 13.2 Å². The first-order valence-electron chi connectivity index (χ1n) is 6.59. The van der Waals surface area contributed by atoms with E-state index < -0.39 is 0 Å². The molecule has 0 spiro atoms. The summed E-state index contributed by atoms with van der Waals surface area (Å²) in [6.45, 7) is 9.40. The summed E-state index contributed by atoms with van der Waals surface area (Å²) < 4.78 is 2.60. The van der Waals surface area contributed by atoms with E-state index in [0.29, 0.717) is 18.2 Å². The Morgan fingerprint density at radius 2 is 1.68 bits per heavy atom. The first kappa shape index (κ1) is 14.1. The zero-order valence-corrected chi connectivity index (χ0v) is 12.6. The second-order valence-corrected chi connectivity index (χ2v) is 6.67. The van der Waals surface area contributed by atoms with Crippen molar-refractivity contribution in [1.29, 1.82) is 0 Å². The zero-order chi connectivity index (χ0) is 14.6. The van der Waals surface area contributed by atoms with Gasteiger partial charge < -0.3 is 9.88 Å². The molecule has 5 heteroatoms. The monoisotopic (exact) mass is 265 g/mol. The summed E-state index contributed by atoms with van der Waals surface area (Å²) in [5.41, 5.74) is 0.591. The molecule has 0 bridgehead atoms. The Balaban J connectivity index is 2.19. The van der Waals surface area contributed by atoms with E-state index in [9.17, 15) is 9.59 Å². The van der Waals surface area contributed by atoms with Gasteiger partial charge in [0.15, 0.2) is 0 Å². The van der Waals surface area contributed by atoms with Gasteiger partial charge in [0, 0.05) is 38.4 Å². The van der Waals surface area contributed by atoms with Crippen molar-refractivity contribution in [2.24, 2.45) is 24.9 Å². The van der Waals surface area contributed by atoms with Crippen molar-refractivity contribution in [3.8, 4) is 0 Å². The quantitative estimate of drug-likeness (QED) is 0.871. The maximum Gasteiger partial charge on any atom is 0.330 e. The van der Waals surface area contributed by atoms with Gasteiger partial charge in [0.25, 0.3) is 5.56 Å². The first-order chi connectivity index (χ1) is 8.60. The number of nitrogens with one attached hydrogen (secondary N) is 1. The summed E-state index contributed by atoms with van der Waals surface area (Å²) in [6, 6.07) is 0.391. The molecule has 0 atom stereocenters. The van der Waals surface area contributed by atoms with Crippen molar-refractivity contribution < 1.29 is 0 Å². The number of aromatic nitrogens is 2. The molecule has 1 aromatic heterocycles. The molecule has 0 saturated heterocycles. The second-order valence-electron chi connectivity index (χ2n) is 6.67. The highest BCUT2D eigenvalue weighted by molar-refractivity contribution is 5.18. The third kappa shape index (κ3) is 1.96. The molecule has 1 N–H and O–H groups in total. The van der Waals surface area contributed by atoms with Crippen LogP contribution in [0.2, 0.25) is 0 Å². The molecule has 1 aliphatic carbocycles. The van der Waals surface area contributed by atoms with Gasteiger partial charge in [-0.15, -0.1) is 0 Å². The minimum atomic E-state index is -0.291. The van der Waals surface area contributed by atoms with E-state index >= 15 is 0 Å². The van der Waals surface area contributed by atoms with Crippen LogP contribution in [0.3, 0.4) is 0 Å². The molecule has 2 rings (SSSR count). The Morgan fingerprint density at radius 1 is 1.16 bits per heavy atom. The van der Waals surface area contributed by atoms with Crippen LogP contribution >= 0.6 is 0 Å². The minimum Gasteiger partial charge on any atom is -0.309 e. The molecule has 0 aromatic carbocycles. The predicted octanol–water partition coefficient (Wildman–Crippen LogP) is 0.608. The topological polar surface area (TPSA) is 56.0 Å². The fourth-order valence-electron chi connectivity index (χ4n) is 2.92. The molecule has 1 saturated carbocycles. The van der Waals surface area contributed by atoms with Crippen LogP contribution in [0.4, 0.5) is 0 Å². The van der Waals surface area contributed by atoms with Crippen molar-refractivity contribution >= 4 is 0 Å². The average molecular weight is 265 g/mol. The smallest absolute Gasteiger partial charge is 0.309 e. The Labute approximate surface area is 113 Å². The van der Waals surface area contributed by atoms with Gasteiger partial charge >= 0.3 is 5.69 Å². The molecule has 1 fully saturated rings. The van der Waals surface area contributed by atoms with Crippen LogP contribution in [0.1, 0.15) is 33.3 Å². The normalized spacial score (nSPS) is 20.5. The van der Waals surface area contributed by atoms with Gasteiger partial charge in [-0.3, -0.25) is 9.36 Å². The minimum absolute atomic E-state index is 0.216. The zero-order valence-electron chi connectivity index (χ0n) is 12.6. The maximum atomic E-state index is 12.0. The van der Waals surface area contributed by atoms with Gasteiger partial charge in [0.05, 0.1) is 0 Å². The summed E-state index contributed by atoms with van der Waals surface area (Å²) in [7, 11) is 3.18. The fourth-order valence-corrected chi connectivity index (χ4v) is 2.92. The average Bonchev–Trinajstić information content (AvgIpc) is 2.70. The van der Waals surface area contributed by atoms with E-state index in [-0.39, 0.29) is 22.1 Å². The molecule has 0 unspecified atom stereocenters. The van der Waals surface area contributed by atoms with Crippen LogP contribution in [0.5, 0.6) is 0 Å². The predicted molar refractivity (Wildman–Crippen MR) is 75.1 cm³/mol. The van der Waals surface area contributed by atoms with Crippen molar-refractivity contribution in [2.45, 2.75) is 40.3 Å². The van der Waals surface area contributed by atoms with Crippen molar-refractivity contribution in [3.05, 3.63) is 32.6 Å². The van der Waals surface area contributed by atoms with Crippen LogP contribution in [-0.2, 0) is 20.6 Å². The highest BCUT2D eigenvalue weighted by atomic mass is 16.2. The van der Waals surface area contributed by atoms with Gasteiger partial charge in [0.2, 0.25) is 0 Å². The number of rotatable bonds is 3. The lowest BCUT2D eigenvalue weighted by molar-refractivity contribution is 0.457. The molecule has 0 aliphatic heterocycles. The Bertz CT molecular complexity index is 609. The molecule has 5 nitrogen and oxygen atoms in total. The Kier molecular flexibility index (Phi) is 3.01. The summed E-state index contributed by atoms with van der Waals surface area (Å²) in [4.78, 5) is 23.6. The van der Waals surface area contributed by atoms with E-state index in [4.69, 9.17) is 0 Å².